The molecule has 0 aromatic heterocycles. The number of methoxy groups -OCH3 is 1. The molecule has 0 rings (SSSR count). The number of rotatable bonds is 9. The number of nitrogens with one attached hydrogen (secondary N) is 2. The molecule has 4 nitrogen and oxygen atoms in total. The molecule has 0 fully saturated rings. The highest BCUT2D eigenvalue weighted by atomic mass is 16.5. The van der Waals surface area contributed by atoms with Gasteiger partial charge in [0.05, 0.1) is 12.4 Å². The highest BCUT2D eigenvalue weighted by Gasteiger charge is 2.01. The monoisotopic (exact) mass is 239 g/mol. The standard InChI is InChI=1S/C13H25N3O/c1-5-6-13(14)7-9-15-12(2)8-10-16(3)11-17-4/h5-7,9,12,14-15H,8,10-11H2,1-4H3/b6-5-,9-7+,14-13?. The van der Waals surface area contributed by atoms with Crippen LogP contribution in [-0.4, -0.2) is 44.1 Å². The van der Waals surface area contributed by atoms with Crippen molar-refractivity contribution in [3.63, 3.8) is 0 Å². The van der Waals surface area contributed by atoms with Gasteiger partial charge in [-0.3, -0.25) is 4.90 Å². The van der Waals surface area contributed by atoms with E-state index in [4.69, 9.17) is 10.1 Å². The van der Waals surface area contributed by atoms with Gasteiger partial charge in [-0.2, -0.15) is 0 Å². The topological polar surface area (TPSA) is 48.4 Å². The molecule has 1 unspecified atom stereocenters. The van der Waals surface area contributed by atoms with E-state index >= 15 is 0 Å². The van der Waals surface area contributed by atoms with Crippen LogP contribution in [0.1, 0.15) is 20.3 Å². The van der Waals surface area contributed by atoms with E-state index in [9.17, 15) is 0 Å². The molecule has 0 radical (unpaired) electrons. The lowest BCUT2D eigenvalue weighted by atomic mass is 10.2. The van der Waals surface area contributed by atoms with E-state index in [0.29, 0.717) is 18.5 Å². The van der Waals surface area contributed by atoms with Crippen molar-refractivity contribution in [2.24, 2.45) is 0 Å². The predicted molar refractivity (Wildman–Crippen MR) is 73.4 cm³/mol. The highest BCUT2D eigenvalue weighted by molar-refractivity contribution is 6.01. The van der Waals surface area contributed by atoms with Crippen LogP contribution in [0.25, 0.3) is 0 Å². The van der Waals surface area contributed by atoms with Crippen molar-refractivity contribution < 1.29 is 4.74 Å². The van der Waals surface area contributed by atoms with Gasteiger partial charge in [-0.1, -0.05) is 6.08 Å². The second-order valence-corrected chi connectivity index (χ2v) is 4.14. The summed E-state index contributed by atoms with van der Waals surface area (Å²) in [6, 6.07) is 0.393. The summed E-state index contributed by atoms with van der Waals surface area (Å²) in [5.74, 6) is 0. The van der Waals surface area contributed by atoms with Crippen molar-refractivity contribution in [3.05, 3.63) is 24.4 Å². The molecular formula is C13H25N3O. The Bertz CT molecular complexity index is 261. The molecule has 0 bridgehead atoms. The summed E-state index contributed by atoms with van der Waals surface area (Å²) >= 11 is 0. The van der Waals surface area contributed by atoms with Gasteiger partial charge >= 0.3 is 0 Å². The first kappa shape index (κ1) is 15.9. The lowest BCUT2D eigenvalue weighted by molar-refractivity contribution is 0.0798. The summed E-state index contributed by atoms with van der Waals surface area (Å²) in [5, 5.41) is 10.8. The van der Waals surface area contributed by atoms with Gasteiger partial charge in [-0.25, -0.2) is 0 Å². The van der Waals surface area contributed by atoms with Crippen LogP contribution in [0.5, 0.6) is 0 Å². The molecule has 1 atom stereocenters. The van der Waals surface area contributed by atoms with Gasteiger partial charge in [0.15, 0.2) is 0 Å². The molecule has 0 aliphatic carbocycles. The molecule has 0 spiro atoms. The number of hydrogen-bond donors (Lipinski definition) is 2. The Hall–Kier alpha value is -1.13. The third kappa shape index (κ3) is 9.78. The Labute approximate surface area is 105 Å². The van der Waals surface area contributed by atoms with Crippen LogP contribution in [0, 0.1) is 5.41 Å². The van der Waals surface area contributed by atoms with E-state index in [2.05, 4.69) is 17.1 Å². The number of allylic oxidation sites excluding steroid dienone is 3. The smallest absolute Gasteiger partial charge is 0.0983 e. The molecule has 0 aliphatic rings. The predicted octanol–water partition coefficient (Wildman–Crippen LogP) is 2.00. The van der Waals surface area contributed by atoms with Crippen LogP contribution in [-0.2, 0) is 4.74 Å². The molecule has 0 saturated carbocycles. The molecule has 0 heterocycles. The van der Waals surface area contributed by atoms with Gasteiger partial charge in [0.1, 0.15) is 0 Å². The SMILES string of the molecule is C/C=C\C(=N)/C=C/NC(C)CCN(C)COC. The van der Waals surface area contributed by atoms with Crippen molar-refractivity contribution in [2.45, 2.75) is 26.3 Å². The van der Waals surface area contributed by atoms with Crippen LogP contribution in [0.3, 0.4) is 0 Å². The first-order valence-electron chi connectivity index (χ1n) is 5.91. The molecule has 0 saturated heterocycles. The summed E-state index contributed by atoms with van der Waals surface area (Å²) in [7, 11) is 3.74. The van der Waals surface area contributed by atoms with Crippen LogP contribution in [0.4, 0.5) is 0 Å². The molecule has 2 N–H and O–H groups in total. The van der Waals surface area contributed by atoms with Gasteiger partial charge in [-0.15, -0.1) is 0 Å². The maximum Gasteiger partial charge on any atom is 0.0983 e. The highest BCUT2D eigenvalue weighted by Crippen LogP contribution is 1.94. The molecule has 98 valence electrons. The Kier molecular flexibility index (Phi) is 9.38. The first-order chi connectivity index (χ1) is 8.10. The minimum Gasteiger partial charge on any atom is -0.388 e. The number of ether oxygens (including phenoxy) is 1. The van der Waals surface area contributed by atoms with Gasteiger partial charge in [0.25, 0.3) is 0 Å². The quantitative estimate of drug-likeness (QED) is 0.478. The molecule has 0 aliphatic heterocycles. The fourth-order valence-corrected chi connectivity index (χ4v) is 1.32. The zero-order valence-electron chi connectivity index (χ0n) is 11.4. The largest absolute Gasteiger partial charge is 0.388 e. The molecule has 17 heavy (non-hydrogen) atoms. The lowest BCUT2D eigenvalue weighted by Gasteiger charge is -2.18. The van der Waals surface area contributed by atoms with Gasteiger partial charge < -0.3 is 15.5 Å². The van der Waals surface area contributed by atoms with Crippen molar-refractivity contribution in [2.75, 3.05) is 27.4 Å². The van der Waals surface area contributed by atoms with Crippen LogP contribution < -0.4 is 5.32 Å². The molecule has 0 aromatic carbocycles. The van der Waals surface area contributed by atoms with Crippen LogP contribution in [0.2, 0.25) is 0 Å². The third-order valence-corrected chi connectivity index (χ3v) is 2.28. The zero-order valence-corrected chi connectivity index (χ0v) is 11.4. The summed E-state index contributed by atoms with van der Waals surface area (Å²) < 4.78 is 5.03. The van der Waals surface area contributed by atoms with E-state index < -0.39 is 0 Å². The van der Waals surface area contributed by atoms with E-state index in [0.717, 1.165) is 13.0 Å². The fraction of sp³-hybridized carbons (Fsp3) is 0.615. The fourth-order valence-electron chi connectivity index (χ4n) is 1.32. The average molecular weight is 239 g/mol. The van der Waals surface area contributed by atoms with Gasteiger partial charge in [0, 0.05) is 19.7 Å². The van der Waals surface area contributed by atoms with Gasteiger partial charge in [-0.05, 0) is 45.7 Å². The summed E-state index contributed by atoms with van der Waals surface area (Å²) in [4.78, 5) is 2.13. The van der Waals surface area contributed by atoms with Crippen molar-refractivity contribution >= 4 is 5.71 Å². The van der Waals surface area contributed by atoms with Crippen molar-refractivity contribution in [3.8, 4) is 0 Å². The Morgan fingerprint density at radius 1 is 1.47 bits per heavy atom. The molecule has 0 aromatic rings. The first-order valence-corrected chi connectivity index (χ1v) is 5.91. The molecular weight excluding hydrogens is 214 g/mol. The van der Waals surface area contributed by atoms with Crippen LogP contribution in [0.15, 0.2) is 24.4 Å². The minimum atomic E-state index is 0.393. The van der Waals surface area contributed by atoms with E-state index in [1.807, 2.05) is 26.2 Å². The maximum atomic E-state index is 7.52. The van der Waals surface area contributed by atoms with Crippen molar-refractivity contribution in [1.82, 2.24) is 10.2 Å². The number of hydrogen-bond acceptors (Lipinski definition) is 4. The average Bonchev–Trinajstić information content (AvgIpc) is 2.27. The van der Waals surface area contributed by atoms with E-state index in [-0.39, 0.29) is 0 Å². The normalized spacial score (nSPS) is 13.7. The molecule has 0 amide bonds. The molecule has 4 heteroatoms. The zero-order chi connectivity index (χ0) is 13.1. The van der Waals surface area contributed by atoms with Gasteiger partial charge in [0.2, 0.25) is 0 Å². The number of nitrogens with zero attached hydrogens (tertiary/aromatic N) is 1. The van der Waals surface area contributed by atoms with Crippen LogP contribution >= 0.6 is 0 Å². The summed E-state index contributed by atoms with van der Waals surface area (Å²) in [5.41, 5.74) is 0.503. The van der Waals surface area contributed by atoms with E-state index in [1.165, 1.54) is 0 Å². The second-order valence-electron chi connectivity index (χ2n) is 4.14. The Morgan fingerprint density at radius 2 is 2.18 bits per heavy atom. The summed E-state index contributed by atoms with van der Waals surface area (Å²) in [6.45, 7) is 5.69. The maximum absolute atomic E-state index is 7.52. The van der Waals surface area contributed by atoms with E-state index in [1.54, 1.807) is 19.3 Å². The second kappa shape index (κ2) is 10.1. The lowest BCUT2D eigenvalue weighted by Crippen LogP contribution is -2.29. The summed E-state index contributed by atoms with van der Waals surface area (Å²) in [6.07, 6.45) is 8.25. The third-order valence-electron chi connectivity index (χ3n) is 2.28. The minimum absolute atomic E-state index is 0.393. The Morgan fingerprint density at radius 3 is 2.76 bits per heavy atom. The Balaban J connectivity index is 3.72. The van der Waals surface area contributed by atoms with Crippen molar-refractivity contribution in [1.29, 1.82) is 5.41 Å².